The molecule has 1 nitrogen and oxygen atoms in total. The maximum Gasteiger partial charge on any atom is 0.0377 e. The third-order valence-electron chi connectivity index (χ3n) is 4.66. The van der Waals surface area contributed by atoms with Gasteiger partial charge in [0.15, 0.2) is 0 Å². The Morgan fingerprint density at radius 3 is 2.40 bits per heavy atom. The highest BCUT2D eigenvalue weighted by atomic mass is 14.9. The molecule has 0 radical (unpaired) electrons. The summed E-state index contributed by atoms with van der Waals surface area (Å²) in [5.41, 5.74) is 4.30. The van der Waals surface area contributed by atoms with Gasteiger partial charge in [-0.05, 0) is 47.8 Å². The molecule has 1 aliphatic carbocycles. The second kappa shape index (κ2) is 6.65. The zero-order valence-corrected chi connectivity index (χ0v) is 13.9. The molecule has 2 unspecified atom stereocenters. The van der Waals surface area contributed by atoms with Crippen LogP contribution in [0.5, 0.6) is 0 Å². The van der Waals surface area contributed by atoms with Crippen LogP contribution >= 0.6 is 0 Å². The van der Waals surface area contributed by atoms with Crippen molar-refractivity contribution in [3.8, 4) is 0 Å². The van der Waals surface area contributed by atoms with Gasteiger partial charge in [0.1, 0.15) is 0 Å². The minimum absolute atomic E-state index is 0.581. The van der Waals surface area contributed by atoms with Gasteiger partial charge < -0.3 is 5.32 Å². The number of rotatable bonds is 4. The molecule has 20 heavy (non-hydrogen) atoms. The lowest BCUT2D eigenvalue weighted by molar-refractivity contribution is 0.358. The van der Waals surface area contributed by atoms with Crippen molar-refractivity contribution in [2.75, 3.05) is 5.32 Å². The van der Waals surface area contributed by atoms with Crippen LogP contribution in [-0.4, -0.2) is 6.04 Å². The van der Waals surface area contributed by atoms with Gasteiger partial charge in [0.2, 0.25) is 0 Å². The summed E-state index contributed by atoms with van der Waals surface area (Å²) in [6.45, 7) is 11.5. The van der Waals surface area contributed by atoms with Crippen molar-refractivity contribution < 1.29 is 0 Å². The standard InChI is InChI=1S/C19H31N/c1-13(2)16-9-10-19(18(12-16)14(3)4)20-17-8-6-7-15(5)11-17/h9-10,12-15,17,20H,6-8,11H2,1-5H3. The van der Waals surface area contributed by atoms with Crippen LogP contribution in [-0.2, 0) is 0 Å². The van der Waals surface area contributed by atoms with Crippen LogP contribution in [0.4, 0.5) is 5.69 Å². The maximum atomic E-state index is 3.83. The Morgan fingerprint density at radius 1 is 1.05 bits per heavy atom. The third-order valence-corrected chi connectivity index (χ3v) is 4.66. The Bertz CT molecular complexity index is 433. The van der Waals surface area contributed by atoms with Crippen molar-refractivity contribution in [2.24, 2.45) is 5.92 Å². The molecule has 0 spiro atoms. The van der Waals surface area contributed by atoms with E-state index in [1.165, 1.54) is 42.5 Å². The van der Waals surface area contributed by atoms with Crippen LogP contribution in [0.3, 0.4) is 0 Å². The summed E-state index contributed by atoms with van der Waals surface area (Å²) >= 11 is 0. The molecule has 1 saturated carbocycles. The normalized spacial score (nSPS) is 23.4. The summed E-state index contributed by atoms with van der Waals surface area (Å²) in [6.07, 6.45) is 5.43. The molecule has 2 rings (SSSR count). The molecule has 1 aromatic carbocycles. The quantitative estimate of drug-likeness (QED) is 0.717. The first-order chi connectivity index (χ1) is 9.47. The van der Waals surface area contributed by atoms with Gasteiger partial charge in [-0.2, -0.15) is 0 Å². The lowest BCUT2D eigenvalue weighted by atomic mass is 9.86. The molecule has 1 aromatic rings. The van der Waals surface area contributed by atoms with Crippen molar-refractivity contribution in [2.45, 2.75) is 78.2 Å². The molecule has 1 N–H and O–H groups in total. The van der Waals surface area contributed by atoms with E-state index in [1.54, 1.807) is 0 Å². The zero-order valence-electron chi connectivity index (χ0n) is 13.9. The largest absolute Gasteiger partial charge is 0.382 e. The fourth-order valence-corrected chi connectivity index (χ4v) is 3.33. The Labute approximate surface area is 125 Å². The fourth-order valence-electron chi connectivity index (χ4n) is 3.33. The minimum atomic E-state index is 0.581. The molecule has 0 bridgehead atoms. The molecule has 0 heterocycles. The maximum absolute atomic E-state index is 3.83. The highest BCUT2D eigenvalue weighted by molar-refractivity contribution is 5.55. The number of hydrogen-bond donors (Lipinski definition) is 1. The van der Waals surface area contributed by atoms with Gasteiger partial charge >= 0.3 is 0 Å². The van der Waals surface area contributed by atoms with E-state index in [0.717, 1.165) is 5.92 Å². The number of hydrogen-bond acceptors (Lipinski definition) is 1. The zero-order chi connectivity index (χ0) is 14.7. The first kappa shape index (κ1) is 15.4. The molecule has 2 atom stereocenters. The van der Waals surface area contributed by atoms with Crippen molar-refractivity contribution in [3.05, 3.63) is 29.3 Å². The van der Waals surface area contributed by atoms with Gasteiger partial charge in [-0.15, -0.1) is 0 Å². The molecule has 1 fully saturated rings. The van der Waals surface area contributed by atoms with E-state index >= 15 is 0 Å². The third kappa shape index (κ3) is 3.77. The number of anilines is 1. The van der Waals surface area contributed by atoms with Gasteiger partial charge in [0.25, 0.3) is 0 Å². The van der Waals surface area contributed by atoms with Gasteiger partial charge in [0.05, 0.1) is 0 Å². The van der Waals surface area contributed by atoms with Gasteiger partial charge in [-0.3, -0.25) is 0 Å². The summed E-state index contributed by atoms with van der Waals surface area (Å²) < 4.78 is 0. The van der Waals surface area contributed by atoms with Crippen LogP contribution in [0.15, 0.2) is 18.2 Å². The van der Waals surface area contributed by atoms with Crippen LogP contribution in [0.25, 0.3) is 0 Å². The van der Waals surface area contributed by atoms with E-state index in [0.29, 0.717) is 17.9 Å². The second-order valence-electron chi connectivity index (χ2n) is 7.27. The summed E-state index contributed by atoms with van der Waals surface area (Å²) in [5.74, 6) is 2.06. The Balaban J connectivity index is 2.17. The Morgan fingerprint density at radius 2 is 1.80 bits per heavy atom. The van der Waals surface area contributed by atoms with Crippen LogP contribution in [0.1, 0.15) is 83.3 Å². The molecule has 1 aliphatic rings. The van der Waals surface area contributed by atoms with E-state index in [4.69, 9.17) is 0 Å². The van der Waals surface area contributed by atoms with Crippen molar-refractivity contribution >= 4 is 5.69 Å². The molecular formula is C19H31N. The first-order valence-corrected chi connectivity index (χ1v) is 8.37. The number of benzene rings is 1. The summed E-state index contributed by atoms with van der Waals surface area (Å²) in [4.78, 5) is 0. The summed E-state index contributed by atoms with van der Waals surface area (Å²) in [7, 11) is 0. The molecule has 112 valence electrons. The highest BCUT2D eigenvalue weighted by Gasteiger charge is 2.20. The van der Waals surface area contributed by atoms with E-state index in [1.807, 2.05) is 0 Å². The van der Waals surface area contributed by atoms with E-state index < -0.39 is 0 Å². The molecule has 1 heteroatoms. The van der Waals surface area contributed by atoms with E-state index in [2.05, 4.69) is 58.1 Å². The predicted octanol–water partition coefficient (Wildman–Crippen LogP) is 5.92. The molecule has 0 aliphatic heterocycles. The summed E-state index contributed by atoms with van der Waals surface area (Å²) in [5, 5.41) is 3.83. The Hall–Kier alpha value is -0.980. The molecule has 0 amide bonds. The molecule has 0 aromatic heterocycles. The topological polar surface area (TPSA) is 12.0 Å². The smallest absolute Gasteiger partial charge is 0.0377 e. The lowest BCUT2D eigenvalue weighted by Crippen LogP contribution is -2.26. The average molecular weight is 273 g/mol. The highest BCUT2D eigenvalue weighted by Crippen LogP contribution is 2.32. The fraction of sp³-hybridized carbons (Fsp3) is 0.684. The minimum Gasteiger partial charge on any atom is -0.382 e. The van der Waals surface area contributed by atoms with Gasteiger partial charge in [0, 0.05) is 11.7 Å². The predicted molar refractivity (Wildman–Crippen MR) is 89.7 cm³/mol. The SMILES string of the molecule is CC1CCCC(Nc2ccc(C(C)C)cc2C(C)C)C1. The number of nitrogens with one attached hydrogen (secondary N) is 1. The van der Waals surface area contributed by atoms with Crippen molar-refractivity contribution in [1.29, 1.82) is 0 Å². The molecule has 0 saturated heterocycles. The van der Waals surface area contributed by atoms with E-state index in [9.17, 15) is 0 Å². The second-order valence-corrected chi connectivity index (χ2v) is 7.27. The summed E-state index contributed by atoms with van der Waals surface area (Å²) in [6, 6.07) is 7.68. The monoisotopic (exact) mass is 273 g/mol. The van der Waals surface area contributed by atoms with Crippen molar-refractivity contribution in [1.82, 2.24) is 0 Å². The van der Waals surface area contributed by atoms with E-state index in [-0.39, 0.29) is 0 Å². The van der Waals surface area contributed by atoms with Crippen LogP contribution < -0.4 is 5.32 Å². The van der Waals surface area contributed by atoms with Crippen LogP contribution in [0.2, 0.25) is 0 Å². The van der Waals surface area contributed by atoms with Gasteiger partial charge in [-0.25, -0.2) is 0 Å². The average Bonchev–Trinajstić information content (AvgIpc) is 2.38. The van der Waals surface area contributed by atoms with Crippen molar-refractivity contribution in [3.63, 3.8) is 0 Å². The van der Waals surface area contributed by atoms with Gasteiger partial charge in [-0.1, -0.05) is 59.6 Å². The Kier molecular flexibility index (Phi) is 5.12. The lowest BCUT2D eigenvalue weighted by Gasteiger charge is -2.30. The van der Waals surface area contributed by atoms with Crippen LogP contribution in [0, 0.1) is 5.92 Å². The first-order valence-electron chi connectivity index (χ1n) is 8.37. The molecular weight excluding hydrogens is 242 g/mol.